The van der Waals surface area contributed by atoms with Crippen LogP contribution in [0, 0.1) is 0 Å². The molecule has 1 amide bonds. The van der Waals surface area contributed by atoms with E-state index in [9.17, 15) is 9.90 Å². The van der Waals surface area contributed by atoms with Gasteiger partial charge in [-0.3, -0.25) is 4.79 Å². The third-order valence-electron chi connectivity index (χ3n) is 2.81. The van der Waals surface area contributed by atoms with Gasteiger partial charge in [-0.15, -0.1) is 0 Å². The predicted octanol–water partition coefficient (Wildman–Crippen LogP) is 1.77. The van der Waals surface area contributed by atoms with E-state index in [1.807, 2.05) is 0 Å². The molecule has 1 aromatic carbocycles. The summed E-state index contributed by atoms with van der Waals surface area (Å²) < 4.78 is 4.83. The summed E-state index contributed by atoms with van der Waals surface area (Å²) in [7, 11) is 1.58. The minimum atomic E-state index is -0.771. The van der Waals surface area contributed by atoms with Crippen molar-refractivity contribution >= 4 is 29.1 Å². The monoisotopic (exact) mass is 334 g/mol. The molecule has 0 aliphatic carbocycles. The van der Waals surface area contributed by atoms with Gasteiger partial charge in [-0.2, -0.15) is 0 Å². The van der Waals surface area contributed by atoms with Crippen molar-refractivity contribution in [2.45, 2.75) is 12.5 Å². The number of aliphatic hydroxyl groups excluding tert-OH is 1. The Hall–Kier alpha value is -0.850. The average Bonchev–Trinajstić information content (AvgIpc) is 2.46. The largest absolute Gasteiger partial charge is 0.387 e. The van der Waals surface area contributed by atoms with Crippen LogP contribution in [0.1, 0.15) is 18.1 Å². The van der Waals surface area contributed by atoms with Crippen LogP contribution < -0.4 is 10.6 Å². The lowest BCUT2D eigenvalue weighted by atomic mass is 10.1. The molecule has 0 aliphatic heterocycles. The molecule has 0 saturated heterocycles. The molecular formula is C14H20Cl2N2O3. The number of carbonyl (C=O) groups is 1. The van der Waals surface area contributed by atoms with Gasteiger partial charge in [-0.25, -0.2) is 0 Å². The van der Waals surface area contributed by atoms with E-state index >= 15 is 0 Å². The topological polar surface area (TPSA) is 70.6 Å². The lowest BCUT2D eigenvalue weighted by Crippen LogP contribution is -2.31. The molecule has 1 atom stereocenters. The Morgan fingerprint density at radius 1 is 1.38 bits per heavy atom. The molecule has 118 valence electrons. The number of hydrogen-bond donors (Lipinski definition) is 3. The van der Waals surface area contributed by atoms with Gasteiger partial charge in [0, 0.05) is 48.8 Å². The van der Waals surface area contributed by atoms with Gasteiger partial charge in [0.15, 0.2) is 0 Å². The number of methoxy groups -OCH3 is 1. The number of nitrogens with one attached hydrogen (secondary N) is 2. The standard InChI is InChI=1S/C14H20Cl2N2O3/c1-21-7-6-18-14(20)4-5-17-9-13(19)11-8-10(15)2-3-12(11)16/h2-3,8,13,17,19H,4-7,9H2,1H3,(H,18,20). The van der Waals surface area contributed by atoms with Crippen molar-refractivity contribution in [3.05, 3.63) is 33.8 Å². The van der Waals surface area contributed by atoms with Crippen molar-refractivity contribution in [1.29, 1.82) is 0 Å². The van der Waals surface area contributed by atoms with Gasteiger partial charge in [-0.1, -0.05) is 23.2 Å². The van der Waals surface area contributed by atoms with Gasteiger partial charge < -0.3 is 20.5 Å². The number of aliphatic hydroxyl groups is 1. The van der Waals surface area contributed by atoms with Crippen molar-refractivity contribution in [3.8, 4) is 0 Å². The second-order valence-corrected chi connectivity index (χ2v) is 5.32. The fourth-order valence-electron chi connectivity index (χ4n) is 1.70. The molecule has 1 aromatic rings. The van der Waals surface area contributed by atoms with Crippen LogP contribution >= 0.6 is 23.2 Å². The predicted molar refractivity (Wildman–Crippen MR) is 83.8 cm³/mol. The van der Waals surface area contributed by atoms with Gasteiger partial charge in [0.05, 0.1) is 12.7 Å². The zero-order chi connectivity index (χ0) is 15.7. The number of benzene rings is 1. The first-order valence-electron chi connectivity index (χ1n) is 6.64. The first kappa shape index (κ1) is 18.2. The molecule has 21 heavy (non-hydrogen) atoms. The summed E-state index contributed by atoms with van der Waals surface area (Å²) in [5, 5.41) is 16.7. The van der Waals surface area contributed by atoms with Crippen molar-refractivity contribution < 1.29 is 14.6 Å². The van der Waals surface area contributed by atoms with Gasteiger partial charge >= 0.3 is 0 Å². The molecule has 0 aliphatic rings. The highest BCUT2D eigenvalue weighted by atomic mass is 35.5. The Balaban J connectivity index is 2.26. The Labute approximate surface area is 134 Å². The minimum absolute atomic E-state index is 0.0603. The van der Waals surface area contributed by atoms with E-state index in [1.54, 1.807) is 25.3 Å². The van der Waals surface area contributed by atoms with E-state index in [0.29, 0.717) is 48.3 Å². The minimum Gasteiger partial charge on any atom is -0.387 e. The van der Waals surface area contributed by atoms with Crippen LogP contribution in [0.15, 0.2) is 18.2 Å². The first-order chi connectivity index (χ1) is 10.0. The Morgan fingerprint density at radius 3 is 2.86 bits per heavy atom. The maximum Gasteiger partial charge on any atom is 0.221 e. The molecule has 0 aromatic heterocycles. The molecular weight excluding hydrogens is 315 g/mol. The second-order valence-electron chi connectivity index (χ2n) is 4.48. The molecule has 0 radical (unpaired) electrons. The lowest BCUT2D eigenvalue weighted by Gasteiger charge is -2.14. The van der Waals surface area contributed by atoms with E-state index in [1.165, 1.54) is 0 Å². The van der Waals surface area contributed by atoms with E-state index in [-0.39, 0.29) is 5.91 Å². The molecule has 1 rings (SSSR count). The van der Waals surface area contributed by atoms with Gasteiger partial charge in [0.1, 0.15) is 0 Å². The highest BCUT2D eigenvalue weighted by Gasteiger charge is 2.12. The van der Waals surface area contributed by atoms with Crippen LogP contribution in [0.25, 0.3) is 0 Å². The Bertz CT molecular complexity index is 458. The van der Waals surface area contributed by atoms with E-state index < -0.39 is 6.10 Å². The third-order valence-corrected chi connectivity index (χ3v) is 3.39. The number of carbonyl (C=O) groups excluding carboxylic acids is 1. The molecule has 0 bridgehead atoms. The molecule has 0 fully saturated rings. The van der Waals surface area contributed by atoms with Crippen molar-refractivity contribution in [3.63, 3.8) is 0 Å². The quantitative estimate of drug-likeness (QED) is 0.602. The second kappa shape index (κ2) is 9.97. The summed E-state index contributed by atoms with van der Waals surface area (Å²) in [6.07, 6.45) is -0.438. The molecule has 7 heteroatoms. The maximum absolute atomic E-state index is 11.4. The molecule has 0 spiro atoms. The number of ether oxygens (including phenoxy) is 1. The first-order valence-corrected chi connectivity index (χ1v) is 7.39. The average molecular weight is 335 g/mol. The normalized spacial score (nSPS) is 12.2. The van der Waals surface area contributed by atoms with E-state index in [4.69, 9.17) is 27.9 Å². The van der Waals surface area contributed by atoms with E-state index in [2.05, 4.69) is 10.6 Å². The van der Waals surface area contributed by atoms with Crippen LogP contribution in [0.3, 0.4) is 0 Å². The highest BCUT2D eigenvalue weighted by Crippen LogP contribution is 2.25. The van der Waals surface area contributed by atoms with Crippen LogP contribution in [-0.4, -0.2) is 44.4 Å². The van der Waals surface area contributed by atoms with Crippen LogP contribution in [0.4, 0.5) is 0 Å². The van der Waals surface area contributed by atoms with Crippen LogP contribution in [-0.2, 0) is 9.53 Å². The molecule has 3 N–H and O–H groups in total. The SMILES string of the molecule is COCCNC(=O)CCNCC(O)c1cc(Cl)ccc1Cl. The smallest absolute Gasteiger partial charge is 0.221 e. The van der Waals surface area contributed by atoms with Crippen LogP contribution in [0.2, 0.25) is 10.0 Å². The van der Waals surface area contributed by atoms with Crippen LogP contribution in [0.5, 0.6) is 0 Å². The third kappa shape index (κ3) is 7.11. The summed E-state index contributed by atoms with van der Waals surface area (Å²) in [6, 6.07) is 4.94. The van der Waals surface area contributed by atoms with Gasteiger partial charge in [-0.05, 0) is 18.2 Å². The molecule has 0 heterocycles. The van der Waals surface area contributed by atoms with Crippen molar-refractivity contribution in [1.82, 2.24) is 10.6 Å². The summed E-state index contributed by atoms with van der Waals surface area (Å²) in [4.78, 5) is 11.4. The summed E-state index contributed by atoms with van der Waals surface area (Å²) in [5.41, 5.74) is 0.571. The number of rotatable bonds is 9. The maximum atomic E-state index is 11.4. The summed E-state index contributed by atoms with van der Waals surface area (Å²) in [6.45, 7) is 1.75. The fraction of sp³-hybridized carbons (Fsp3) is 0.500. The van der Waals surface area contributed by atoms with Crippen molar-refractivity contribution in [2.24, 2.45) is 0 Å². The lowest BCUT2D eigenvalue weighted by molar-refractivity contribution is -0.121. The van der Waals surface area contributed by atoms with Gasteiger partial charge in [0.2, 0.25) is 5.91 Å². The Kier molecular flexibility index (Phi) is 8.64. The van der Waals surface area contributed by atoms with E-state index in [0.717, 1.165) is 0 Å². The zero-order valence-electron chi connectivity index (χ0n) is 11.9. The fourth-order valence-corrected chi connectivity index (χ4v) is 2.13. The van der Waals surface area contributed by atoms with Gasteiger partial charge in [0.25, 0.3) is 0 Å². The molecule has 5 nitrogen and oxygen atoms in total. The molecule has 1 unspecified atom stereocenters. The number of hydrogen-bond acceptors (Lipinski definition) is 4. The zero-order valence-corrected chi connectivity index (χ0v) is 13.4. The van der Waals surface area contributed by atoms with Crippen molar-refractivity contribution in [2.75, 3.05) is 33.4 Å². The summed E-state index contributed by atoms with van der Waals surface area (Å²) >= 11 is 11.9. The summed E-state index contributed by atoms with van der Waals surface area (Å²) in [5.74, 6) is -0.0603. The highest BCUT2D eigenvalue weighted by molar-refractivity contribution is 6.33. The number of amides is 1. The Morgan fingerprint density at radius 2 is 2.14 bits per heavy atom. The molecule has 0 saturated carbocycles. The number of halogens is 2.